The van der Waals surface area contributed by atoms with E-state index in [1.165, 1.54) is 11.3 Å². The van der Waals surface area contributed by atoms with Crippen molar-refractivity contribution >= 4 is 38.8 Å². The molecule has 0 unspecified atom stereocenters. The van der Waals surface area contributed by atoms with E-state index in [1.807, 2.05) is 67.6 Å². The van der Waals surface area contributed by atoms with Crippen LogP contribution in [0.3, 0.4) is 0 Å². The fourth-order valence-corrected chi connectivity index (χ4v) is 4.35. The maximum Gasteiger partial charge on any atom is 0.261 e. The highest BCUT2D eigenvalue weighted by atomic mass is 32.1. The number of hydrogen-bond acceptors (Lipinski definition) is 4. The second-order valence-corrected chi connectivity index (χ2v) is 7.18. The fourth-order valence-electron chi connectivity index (χ4n) is 3.14. The molecule has 5 nitrogen and oxygen atoms in total. The minimum absolute atomic E-state index is 0.144. The summed E-state index contributed by atoms with van der Waals surface area (Å²) in [5, 5.41) is 4.13. The van der Waals surface area contributed by atoms with E-state index < -0.39 is 5.91 Å². The number of thiophene rings is 1. The van der Waals surface area contributed by atoms with Crippen molar-refractivity contribution in [1.29, 1.82) is 0 Å². The molecule has 2 aromatic carbocycles. The normalized spacial score (nSPS) is 10.9. The number of hydrogen-bond donors (Lipinski definition) is 2. The van der Waals surface area contributed by atoms with Crippen LogP contribution in [0.25, 0.3) is 15.9 Å². The maximum atomic E-state index is 12.7. The van der Waals surface area contributed by atoms with Gasteiger partial charge in [0.15, 0.2) is 0 Å². The van der Waals surface area contributed by atoms with Crippen LogP contribution in [-0.2, 0) is 0 Å². The van der Waals surface area contributed by atoms with Crippen molar-refractivity contribution in [2.75, 3.05) is 5.32 Å². The molecule has 0 aliphatic carbocycles. The standard InChI is InChI=1S/C21H17N3O2S/c1-13-12-16(25)24(15-10-6-3-7-11-15)21-17(13)18(19(27-21)20(22)26)23-14-8-4-2-5-9-14/h2-12,23H,1H3,(H2,22,26). The number of nitrogens with one attached hydrogen (secondary N) is 1. The van der Waals surface area contributed by atoms with Gasteiger partial charge in [0.1, 0.15) is 9.71 Å². The van der Waals surface area contributed by atoms with Crippen molar-refractivity contribution < 1.29 is 4.79 Å². The summed E-state index contributed by atoms with van der Waals surface area (Å²) in [7, 11) is 0. The second kappa shape index (κ2) is 6.74. The Morgan fingerprint density at radius 2 is 1.67 bits per heavy atom. The number of fused-ring (bicyclic) bond motifs is 1. The Labute approximate surface area is 159 Å². The monoisotopic (exact) mass is 375 g/mol. The van der Waals surface area contributed by atoms with Crippen LogP contribution in [0, 0.1) is 6.92 Å². The first-order valence-electron chi connectivity index (χ1n) is 8.42. The van der Waals surface area contributed by atoms with Gasteiger partial charge in [0, 0.05) is 17.1 Å². The molecule has 0 aliphatic rings. The fraction of sp³-hybridized carbons (Fsp3) is 0.0476. The lowest BCUT2D eigenvalue weighted by molar-refractivity contribution is 0.100. The summed E-state index contributed by atoms with van der Waals surface area (Å²) < 4.78 is 1.62. The van der Waals surface area contributed by atoms with Gasteiger partial charge in [0.2, 0.25) is 0 Å². The first-order valence-corrected chi connectivity index (χ1v) is 9.24. The first kappa shape index (κ1) is 17.1. The van der Waals surface area contributed by atoms with Crippen LogP contribution in [0.2, 0.25) is 0 Å². The number of carbonyl (C=O) groups excluding carboxylic acids is 1. The predicted molar refractivity (Wildman–Crippen MR) is 110 cm³/mol. The Morgan fingerprint density at radius 3 is 2.30 bits per heavy atom. The van der Waals surface area contributed by atoms with E-state index in [0.29, 0.717) is 15.4 Å². The van der Waals surface area contributed by atoms with E-state index >= 15 is 0 Å². The van der Waals surface area contributed by atoms with Gasteiger partial charge in [-0.3, -0.25) is 14.2 Å². The Balaban J connectivity index is 2.05. The Kier molecular flexibility index (Phi) is 4.25. The molecule has 2 heterocycles. The minimum Gasteiger partial charge on any atom is -0.365 e. The molecule has 0 spiro atoms. The molecule has 4 rings (SSSR count). The van der Waals surface area contributed by atoms with Gasteiger partial charge >= 0.3 is 0 Å². The van der Waals surface area contributed by atoms with E-state index in [9.17, 15) is 9.59 Å². The number of primary amides is 1. The number of para-hydroxylation sites is 2. The number of pyridine rings is 1. The van der Waals surface area contributed by atoms with E-state index in [-0.39, 0.29) is 5.56 Å². The van der Waals surface area contributed by atoms with Crippen molar-refractivity contribution in [2.45, 2.75) is 6.92 Å². The third-order valence-electron chi connectivity index (χ3n) is 4.33. The molecule has 3 N–H and O–H groups in total. The van der Waals surface area contributed by atoms with Gasteiger partial charge < -0.3 is 11.1 Å². The SMILES string of the molecule is Cc1cc(=O)n(-c2ccccc2)c2sc(C(N)=O)c(Nc3ccccc3)c12. The van der Waals surface area contributed by atoms with Crippen LogP contribution < -0.4 is 16.6 Å². The summed E-state index contributed by atoms with van der Waals surface area (Å²) in [6.07, 6.45) is 0. The van der Waals surface area contributed by atoms with Gasteiger partial charge in [-0.1, -0.05) is 36.4 Å². The number of amides is 1. The molecule has 0 fully saturated rings. The molecule has 4 aromatic rings. The van der Waals surface area contributed by atoms with Crippen LogP contribution in [-0.4, -0.2) is 10.5 Å². The van der Waals surface area contributed by atoms with Crippen molar-refractivity contribution in [3.8, 4) is 5.69 Å². The third kappa shape index (κ3) is 3.00. The molecule has 0 radical (unpaired) electrons. The van der Waals surface area contributed by atoms with Gasteiger partial charge in [0.25, 0.3) is 11.5 Å². The smallest absolute Gasteiger partial charge is 0.261 e. The summed E-state index contributed by atoms with van der Waals surface area (Å²) in [4.78, 5) is 26.0. The first-order chi connectivity index (χ1) is 13.1. The zero-order valence-corrected chi connectivity index (χ0v) is 15.4. The van der Waals surface area contributed by atoms with Crippen molar-refractivity contribution in [3.05, 3.63) is 87.5 Å². The molecule has 27 heavy (non-hydrogen) atoms. The number of rotatable bonds is 4. The van der Waals surface area contributed by atoms with Crippen molar-refractivity contribution in [1.82, 2.24) is 4.57 Å². The number of nitrogens with zero attached hydrogens (tertiary/aromatic N) is 1. The van der Waals surface area contributed by atoms with E-state index in [4.69, 9.17) is 5.73 Å². The topological polar surface area (TPSA) is 77.1 Å². The molecule has 6 heteroatoms. The zero-order chi connectivity index (χ0) is 19.0. The number of carbonyl (C=O) groups is 1. The highest BCUT2D eigenvalue weighted by Crippen LogP contribution is 2.39. The molecule has 0 bridgehead atoms. The number of anilines is 2. The summed E-state index contributed by atoms with van der Waals surface area (Å²) in [5.41, 5.74) is 8.53. The van der Waals surface area contributed by atoms with Crippen LogP contribution in [0.15, 0.2) is 71.5 Å². The lowest BCUT2D eigenvalue weighted by Crippen LogP contribution is -2.17. The molecule has 0 aliphatic heterocycles. The zero-order valence-electron chi connectivity index (χ0n) is 14.6. The highest BCUT2D eigenvalue weighted by molar-refractivity contribution is 7.21. The number of benzene rings is 2. The number of nitrogens with two attached hydrogens (primary N) is 1. The molecular weight excluding hydrogens is 358 g/mol. The molecule has 1 amide bonds. The molecule has 0 atom stereocenters. The predicted octanol–water partition coefficient (Wildman–Crippen LogP) is 4.20. The van der Waals surface area contributed by atoms with Crippen LogP contribution in [0.5, 0.6) is 0 Å². The molecule has 2 aromatic heterocycles. The van der Waals surface area contributed by atoms with Gasteiger partial charge in [-0.15, -0.1) is 11.3 Å². The van der Waals surface area contributed by atoms with Gasteiger partial charge in [-0.05, 0) is 36.8 Å². The lowest BCUT2D eigenvalue weighted by Gasteiger charge is -2.11. The lowest BCUT2D eigenvalue weighted by atomic mass is 10.1. The second-order valence-electron chi connectivity index (χ2n) is 6.18. The van der Waals surface area contributed by atoms with Gasteiger partial charge in [0.05, 0.1) is 11.4 Å². The highest BCUT2D eigenvalue weighted by Gasteiger charge is 2.22. The number of aromatic nitrogens is 1. The minimum atomic E-state index is -0.527. The largest absolute Gasteiger partial charge is 0.365 e. The Hall–Kier alpha value is -3.38. The van der Waals surface area contributed by atoms with Gasteiger partial charge in [-0.2, -0.15) is 0 Å². The van der Waals surface area contributed by atoms with E-state index in [2.05, 4.69) is 5.32 Å². The van der Waals surface area contributed by atoms with Gasteiger partial charge in [-0.25, -0.2) is 0 Å². The third-order valence-corrected chi connectivity index (χ3v) is 5.52. The molecular formula is C21H17N3O2S. The van der Waals surface area contributed by atoms with Crippen molar-refractivity contribution in [2.24, 2.45) is 5.73 Å². The van der Waals surface area contributed by atoms with Crippen molar-refractivity contribution in [3.63, 3.8) is 0 Å². The summed E-state index contributed by atoms with van der Waals surface area (Å²) in [6, 6.07) is 20.5. The quantitative estimate of drug-likeness (QED) is 0.561. The Bertz CT molecular complexity index is 1200. The molecule has 0 saturated heterocycles. The Morgan fingerprint density at radius 1 is 1.04 bits per heavy atom. The maximum absolute atomic E-state index is 12.7. The molecule has 0 saturated carbocycles. The van der Waals surface area contributed by atoms with E-state index in [1.54, 1.807) is 10.6 Å². The number of aryl methyl sites for hydroxylation is 1. The summed E-state index contributed by atoms with van der Waals surface area (Å²) in [6.45, 7) is 1.87. The summed E-state index contributed by atoms with van der Waals surface area (Å²) >= 11 is 1.23. The van der Waals surface area contributed by atoms with Crippen LogP contribution >= 0.6 is 11.3 Å². The average Bonchev–Trinajstić information content (AvgIpc) is 3.03. The van der Waals surface area contributed by atoms with Crippen LogP contribution in [0.4, 0.5) is 11.4 Å². The average molecular weight is 375 g/mol. The van der Waals surface area contributed by atoms with Crippen LogP contribution in [0.1, 0.15) is 15.2 Å². The molecule has 134 valence electrons. The summed E-state index contributed by atoms with van der Waals surface area (Å²) in [5.74, 6) is -0.527. The van der Waals surface area contributed by atoms with E-state index in [0.717, 1.165) is 22.3 Å².